The number of carbonyl (C=O) groups is 3. The highest BCUT2D eigenvalue weighted by molar-refractivity contribution is 6.04. The van der Waals surface area contributed by atoms with Gasteiger partial charge >= 0.3 is 5.97 Å². The van der Waals surface area contributed by atoms with Gasteiger partial charge in [-0.05, 0) is 145 Å². The monoisotopic (exact) mass is 732 g/mol. The number of aromatic nitrogens is 2. The zero-order valence-electron chi connectivity index (χ0n) is 31.8. The Bertz CT molecular complexity index is 2000. The summed E-state index contributed by atoms with van der Waals surface area (Å²) in [6.45, 7) is 8.12. The van der Waals surface area contributed by atoms with Gasteiger partial charge in [0.05, 0.1) is 13.2 Å². The van der Waals surface area contributed by atoms with E-state index in [0.717, 1.165) is 83.0 Å². The van der Waals surface area contributed by atoms with E-state index in [1.54, 1.807) is 13.1 Å². The van der Waals surface area contributed by atoms with Gasteiger partial charge in [0.25, 0.3) is 5.91 Å². The maximum absolute atomic E-state index is 13.7. The number of aryl methyl sites for hydroxylation is 1. The van der Waals surface area contributed by atoms with E-state index in [4.69, 9.17) is 4.74 Å². The molecule has 0 saturated heterocycles. The number of aliphatic hydroxyl groups is 2. The minimum absolute atomic E-state index is 0.0823. The van der Waals surface area contributed by atoms with E-state index in [1.807, 2.05) is 75.5 Å². The molecular weight excluding hydrogens is 681 g/mol. The number of pyridine rings is 2. The largest absolute Gasteiger partial charge is 0.465 e. The summed E-state index contributed by atoms with van der Waals surface area (Å²) >= 11 is 0. The topological polar surface area (TPSA) is 151 Å². The molecule has 2 fully saturated rings. The summed E-state index contributed by atoms with van der Waals surface area (Å²) in [5.74, 6) is 0.190. The van der Waals surface area contributed by atoms with E-state index in [0.29, 0.717) is 35.5 Å². The molecule has 284 valence electrons. The summed E-state index contributed by atoms with van der Waals surface area (Å²) in [7, 11) is 0. The molecule has 0 bridgehead atoms. The van der Waals surface area contributed by atoms with Gasteiger partial charge in [-0.25, -0.2) is 0 Å². The number of esters is 1. The van der Waals surface area contributed by atoms with Gasteiger partial charge in [0.1, 0.15) is 17.4 Å². The normalized spacial score (nSPS) is 15.1. The first-order valence-electron chi connectivity index (χ1n) is 19.2. The van der Waals surface area contributed by atoms with Crippen LogP contribution in [0.15, 0.2) is 60.9 Å². The maximum atomic E-state index is 13.7. The second kappa shape index (κ2) is 17.6. The lowest BCUT2D eigenvalue weighted by Gasteiger charge is -2.17. The number of ether oxygens (including phenoxy) is 1. The van der Waals surface area contributed by atoms with Gasteiger partial charge in [-0.15, -0.1) is 0 Å². The number of nitrogens with one attached hydrogen (secondary N) is 2. The van der Waals surface area contributed by atoms with Crippen molar-refractivity contribution in [3.63, 3.8) is 0 Å². The summed E-state index contributed by atoms with van der Waals surface area (Å²) in [5, 5.41) is 25.3. The fourth-order valence-corrected chi connectivity index (χ4v) is 7.05. The van der Waals surface area contributed by atoms with Crippen LogP contribution < -0.4 is 10.6 Å². The van der Waals surface area contributed by atoms with Crippen molar-refractivity contribution in [3.8, 4) is 11.1 Å². The van der Waals surface area contributed by atoms with Gasteiger partial charge in [0.2, 0.25) is 0 Å². The Morgan fingerprint density at radius 1 is 0.833 bits per heavy atom. The standard InChI is InChI=1S/C44H52N4O6/c1-5-54-44(53)41(25-50)47-23-33-22-45-39(19-37(33)30-16-17-30)42(51)18-31-8-6-9-34(27(31)3)35-10-7-11-38(28(35)4)48-43(52)40-20-36(29-14-15-29)32(21-46-40)13-12-26(2)24-49/h6-11,19-22,26,29-30,41,47,49-50H,5,12-18,23-25H2,1-4H3,(H,48,52)/t26-,41-/m1/s1. The maximum Gasteiger partial charge on any atom is 0.325 e. The van der Waals surface area contributed by atoms with Crippen molar-refractivity contribution in [2.45, 2.75) is 97.1 Å². The number of nitrogens with zero attached hydrogens (tertiary/aromatic N) is 2. The average molecular weight is 733 g/mol. The molecule has 4 N–H and O–H groups in total. The van der Waals surface area contributed by atoms with Crippen LogP contribution >= 0.6 is 0 Å². The Morgan fingerprint density at radius 3 is 2.13 bits per heavy atom. The Balaban J connectivity index is 1.16. The lowest BCUT2D eigenvalue weighted by Crippen LogP contribution is -2.40. The van der Waals surface area contributed by atoms with Crippen molar-refractivity contribution < 1.29 is 29.3 Å². The first kappa shape index (κ1) is 38.9. The van der Waals surface area contributed by atoms with E-state index >= 15 is 0 Å². The zero-order valence-corrected chi connectivity index (χ0v) is 31.8. The average Bonchev–Trinajstić information content (AvgIpc) is 4.11. The Kier molecular flexibility index (Phi) is 12.7. The molecule has 4 aromatic rings. The quantitative estimate of drug-likeness (QED) is 0.0642. The number of benzene rings is 2. The molecule has 2 aromatic carbocycles. The van der Waals surface area contributed by atoms with E-state index in [1.165, 1.54) is 5.56 Å². The number of hydrogen-bond acceptors (Lipinski definition) is 9. The molecule has 54 heavy (non-hydrogen) atoms. The lowest BCUT2D eigenvalue weighted by molar-refractivity contribution is -0.146. The molecule has 2 aliphatic carbocycles. The van der Waals surface area contributed by atoms with Gasteiger partial charge in [-0.3, -0.25) is 29.7 Å². The van der Waals surface area contributed by atoms with Crippen LogP contribution in [0.1, 0.15) is 118 Å². The highest BCUT2D eigenvalue weighted by atomic mass is 16.5. The van der Waals surface area contributed by atoms with Gasteiger partial charge in [0.15, 0.2) is 5.78 Å². The van der Waals surface area contributed by atoms with Gasteiger partial charge in [0, 0.05) is 37.7 Å². The van der Waals surface area contributed by atoms with Crippen LogP contribution in [0.3, 0.4) is 0 Å². The van der Waals surface area contributed by atoms with E-state index < -0.39 is 12.0 Å². The zero-order chi connectivity index (χ0) is 38.4. The molecule has 2 saturated carbocycles. The van der Waals surface area contributed by atoms with Crippen LogP contribution in [0.5, 0.6) is 0 Å². The number of amides is 1. The minimum atomic E-state index is -0.832. The molecule has 6 rings (SSSR count). The number of rotatable bonds is 18. The van der Waals surface area contributed by atoms with Crippen molar-refractivity contribution in [2.24, 2.45) is 5.92 Å². The van der Waals surface area contributed by atoms with Crippen LogP contribution in [0.4, 0.5) is 5.69 Å². The minimum Gasteiger partial charge on any atom is -0.465 e. The lowest BCUT2D eigenvalue weighted by atomic mass is 9.90. The molecule has 0 radical (unpaired) electrons. The first-order valence-corrected chi connectivity index (χ1v) is 19.2. The van der Waals surface area contributed by atoms with E-state index in [-0.39, 0.29) is 43.8 Å². The fourth-order valence-electron chi connectivity index (χ4n) is 7.05. The molecular formula is C44H52N4O6. The molecule has 2 aromatic heterocycles. The van der Waals surface area contributed by atoms with Gasteiger partial charge in [-0.2, -0.15) is 0 Å². The van der Waals surface area contributed by atoms with Crippen molar-refractivity contribution >= 4 is 23.3 Å². The van der Waals surface area contributed by atoms with Gasteiger partial charge < -0.3 is 20.3 Å². The van der Waals surface area contributed by atoms with E-state index in [2.05, 4.69) is 20.6 Å². The summed E-state index contributed by atoms with van der Waals surface area (Å²) < 4.78 is 5.05. The molecule has 0 spiro atoms. The third-order valence-corrected chi connectivity index (χ3v) is 10.8. The third kappa shape index (κ3) is 9.29. The van der Waals surface area contributed by atoms with E-state index in [9.17, 15) is 24.6 Å². The molecule has 1 amide bonds. The Hall–Kier alpha value is -4.77. The second-order valence-corrected chi connectivity index (χ2v) is 14.9. The Labute approximate surface area is 317 Å². The molecule has 10 heteroatoms. The molecule has 2 aliphatic rings. The molecule has 2 heterocycles. The predicted octanol–water partition coefficient (Wildman–Crippen LogP) is 6.77. The van der Waals surface area contributed by atoms with Crippen LogP contribution in [0, 0.1) is 19.8 Å². The first-order chi connectivity index (χ1) is 26.1. The smallest absolute Gasteiger partial charge is 0.325 e. The summed E-state index contributed by atoms with van der Waals surface area (Å²) in [4.78, 5) is 48.5. The van der Waals surface area contributed by atoms with Crippen molar-refractivity contribution in [1.29, 1.82) is 0 Å². The molecule has 10 nitrogen and oxygen atoms in total. The summed E-state index contributed by atoms with van der Waals surface area (Å²) in [6, 6.07) is 14.8. The number of anilines is 1. The number of carbonyl (C=O) groups excluding carboxylic acids is 3. The number of Topliss-reactive ketones (excluding diaryl/α,β-unsaturated/α-hetero) is 1. The van der Waals surface area contributed by atoms with Crippen LogP contribution in [-0.4, -0.2) is 63.7 Å². The van der Waals surface area contributed by atoms with Crippen LogP contribution in [0.25, 0.3) is 11.1 Å². The van der Waals surface area contributed by atoms with Crippen LogP contribution in [-0.2, 0) is 28.9 Å². The fraction of sp³-hybridized carbons (Fsp3) is 0.432. The number of hydrogen-bond donors (Lipinski definition) is 4. The SMILES string of the molecule is CCOC(=O)[C@@H](CO)NCc1cnc(C(=O)Cc2cccc(-c3cccc(NC(=O)c4cc(C5CC5)c(CC[C@@H](C)CO)cn4)c3C)c2C)cc1C1CC1. The van der Waals surface area contributed by atoms with Crippen molar-refractivity contribution in [3.05, 3.63) is 111 Å². The highest BCUT2D eigenvalue weighted by Gasteiger charge is 2.29. The predicted molar refractivity (Wildman–Crippen MR) is 209 cm³/mol. The van der Waals surface area contributed by atoms with Crippen molar-refractivity contribution in [2.75, 3.05) is 25.1 Å². The molecule has 2 atom stereocenters. The highest BCUT2D eigenvalue weighted by Crippen LogP contribution is 2.43. The molecule has 0 unspecified atom stereocenters. The molecule has 0 aliphatic heterocycles. The second-order valence-electron chi connectivity index (χ2n) is 14.9. The van der Waals surface area contributed by atoms with Crippen LogP contribution in [0.2, 0.25) is 0 Å². The summed E-state index contributed by atoms with van der Waals surface area (Å²) in [6.07, 6.45) is 9.73. The number of aliphatic hydroxyl groups excluding tert-OH is 2. The van der Waals surface area contributed by atoms with Crippen molar-refractivity contribution in [1.82, 2.24) is 15.3 Å². The summed E-state index contributed by atoms with van der Waals surface area (Å²) in [5.41, 5.74) is 10.6. The van der Waals surface area contributed by atoms with Gasteiger partial charge in [-0.1, -0.05) is 37.3 Å². The number of ketones is 1. The Morgan fingerprint density at radius 2 is 1.46 bits per heavy atom. The third-order valence-electron chi connectivity index (χ3n) is 10.8.